The molecule has 1 aromatic rings. The summed E-state index contributed by atoms with van der Waals surface area (Å²) in [5.41, 5.74) is 1.06. The average molecular weight is 243 g/mol. The largest absolute Gasteiger partial charge is 0.472 e. The summed E-state index contributed by atoms with van der Waals surface area (Å²) in [6.45, 7) is 2.02. The van der Waals surface area contributed by atoms with Crippen molar-refractivity contribution in [3.05, 3.63) is 24.2 Å². The van der Waals surface area contributed by atoms with E-state index < -0.39 is 9.84 Å². The second-order valence-electron chi connectivity index (χ2n) is 4.40. The Morgan fingerprint density at radius 1 is 1.56 bits per heavy atom. The van der Waals surface area contributed by atoms with Crippen molar-refractivity contribution in [2.45, 2.75) is 31.8 Å². The maximum Gasteiger partial charge on any atom is 0.151 e. The van der Waals surface area contributed by atoms with Gasteiger partial charge in [-0.3, -0.25) is 0 Å². The first-order valence-electron chi connectivity index (χ1n) is 5.55. The van der Waals surface area contributed by atoms with Crippen molar-refractivity contribution in [2.75, 3.05) is 11.5 Å². The summed E-state index contributed by atoms with van der Waals surface area (Å²) in [6.07, 6.45) is 5.01. The van der Waals surface area contributed by atoms with Crippen molar-refractivity contribution < 1.29 is 12.8 Å². The van der Waals surface area contributed by atoms with Gasteiger partial charge in [-0.1, -0.05) is 0 Å². The molecule has 5 heteroatoms. The maximum atomic E-state index is 11.5. The van der Waals surface area contributed by atoms with E-state index in [4.69, 9.17) is 4.42 Å². The summed E-state index contributed by atoms with van der Waals surface area (Å²) >= 11 is 0. The van der Waals surface area contributed by atoms with Gasteiger partial charge in [0.15, 0.2) is 9.84 Å². The molecule has 1 aliphatic heterocycles. The maximum absolute atomic E-state index is 11.5. The van der Waals surface area contributed by atoms with Crippen LogP contribution in [0.1, 0.15) is 31.4 Å². The van der Waals surface area contributed by atoms with Crippen LogP contribution >= 0.6 is 0 Å². The minimum absolute atomic E-state index is 0.0728. The Bertz CT molecular complexity index is 424. The van der Waals surface area contributed by atoms with E-state index in [1.807, 2.05) is 13.0 Å². The summed E-state index contributed by atoms with van der Waals surface area (Å²) in [5.74, 6) is 0.598. The second kappa shape index (κ2) is 4.59. The molecule has 2 unspecified atom stereocenters. The van der Waals surface area contributed by atoms with Gasteiger partial charge in [-0.15, -0.1) is 0 Å². The topological polar surface area (TPSA) is 59.3 Å². The highest BCUT2D eigenvalue weighted by molar-refractivity contribution is 7.91. The first-order valence-corrected chi connectivity index (χ1v) is 7.37. The lowest BCUT2D eigenvalue weighted by atomic mass is 10.1. The molecule has 90 valence electrons. The number of hydrogen-bond donors (Lipinski definition) is 1. The summed E-state index contributed by atoms with van der Waals surface area (Å²) < 4.78 is 27.9. The number of hydrogen-bond acceptors (Lipinski definition) is 4. The van der Waals surface area contributed by atoms with Crippen molar-refractivity contribution in [3.63, 3.8) is 0 Å². The molecule has 1 aliphatic rings. The molecule has 1 N–H and O–H groups in total. The first kappa shape index (κ1) is 11.7. The number of nitrogens with one attached hydrogen (secondary N) is 1. The molecular weight excluding hydrogens is 226 g/mol. The molecule has 1 saturated heterocycles. The van der Waals surface area contributed by atoms with E-state index in [0.29, 0.717) is 5.75 Å². The van der Waals surface area contributed by atoms with E-state index in [-0.39, 0.29) is 17.8 Å². The van der Waals surface area contributed by atoms with Gasteiger partial charge in [-0.25, -0.2) is 8.42 Å². The normalized spacial score (nSPS) is 26.4. The van der Waals surface area contributed by atoms with E-state index in [1.54, 1.807) is 12.5 Å². The molecule has 0 aliphatic carbocycles. The molecule has 1 aromatic heterocycles. The zero-order chi connectivity index (χ0) is 11.6. The molecule has 4 nitrogen and oxygen atoms in total. The van der Waals surface area contributed by atoms with Gasteiger partial charge in [0.1, 0.15) is 0 Å². The van der Waals surface area contributed by atoms with Crippen LogP contribution in [0.4, 0.5) is 0 Å². The fourth-order valence-electron chi connectivity index (χ4n) is 2.13. The minimum atomic E-state index is -2.83. The van der Waals surface area contributed by atoms with Gasteiger partial charge in [0.2, 0.25) is 0 Å². The van der Waals surface area contributed by atoms with E-state index in [0.717, 1.165) is 18.4 Å². The van der Waals surface area contributed by atoms with Gasteiger partial charge in [0.05, 0.1) is 24.0 Å². The SMILES string of the molecule is CC(NC1CCCS(=O)(=O)C1)c1ccoc1. The standard InChI is InChI=1S/C11H17NO3S/c1-9(10-4-5-15-7-10)12-11-3-2-6-16(13,14)8-11/h4-5,7,9,11-12H,2-3,6,8H2,1H3. The van der Waals surface area contributed by atoms with Crippen LogP contribution in [0.15, 0.2) is 23.0 Å². The zero-order valence-electron chi connectivity index (χ0n) is 9.35. The predicted octanol–water partition coefficient (Wildman–Crippen LogP) is 1.51. The number of furan rings is 1. The van der Waals surface area contributed by atoms with Crippen molar-refractivity contribution >= 4 is 9.84 Å². The highest BCUT2D eigenvalue weighted by Crippen LogP contribution is 2.18. The van der Waals surface area contributed by atoms with Gasteiger partial charge in [0.25, 0.3) is 0 Å². The fraction of sp³-hybridized carbons (Fsp3) is 0.636. The quantitative estimate of drug-likeness (QED) is 0.874. The van der Waals surface area contributed by atoms with Crippen molar-refractivity contribution in [3.8, 4) is 0 Å². The van der Waals surface area contributed by atoms with Crippen molar-refractivity contribution in [1.29, 1.82) is 0 Å². The molecule has 16 heavy (non-hydrogen) atoms. The Morgan fingerprint density at radius 2 is 2.38 bits per heavy atom. The molecular formula is C11H17NO3S. The van der Waals surface area contributed by atoms with Crippen LogP contribution in [-0.2, 0) is 9.84 Å². The predicted molar refractivity (Wildman–Crippen MR) is 61.9 cm³/mol. The van der Waals surface area contributed by atoms with E-state index in [1.165, 1.54) is 0 Å². The van der Waals surface area contributed by atoms with Crippen LogP contribution in [0, 0.1) is 0 Å². The smallest absolute Gasteiger partial charge is 0.151 e. The Labute approximate surface area is 95.9 Å². The Balaban J connectivity index is 1.95. The first-order chi connectivity index (χ1) is 7.57. The summed E-state index contributed by atoms with van der Waals surface area (Å²) in [6, 6.07) is 2.11. The van der Waals surface area contributed by atoms with Gasteiger partial charge in [-0.05, 0) is 25.8 Å². The van der Waals surface area contributed by atoms with Crippen LogP contribution in [0.5, 0.6) is 0 Å². The lowest BCUT2D eigenvalue weighted by molar-refractivity contribution is 0.434. The van der Waals surface area contributed by atoms with E-state index in [9.17, 15) is 8.42 Å². The summed E-state index contributed by atoms with van der Waals surface area (Å²) in [5, 5.41) is 3.34. The van der Waals surface area contributed by atoms with Crippen molar-refractivity contribution in [2.24, 2.45) is 0 Å². The molecule has 0 radical (unpaired) electrons. The van der Waals surface area contributed by atoms with Crippen LogP contribution in [0.2, 0.25) is 0 Å². The second-order valence-corrected chi connectivity index (χ2v) is 6.63. The highest BCUT2D eigenvalue weighted by atomic mass is 32.2. The van der Waals surface area contributed by atoms with Gasteiger partial charge < -0.3 is 9.73 Å². The lowest BCUT2D eigenvalue weighted by Gasteiger charge is -2.26. The molecule has 0 amide bonds. The van der Waals surface area contributed by atoms with Gasteiger partial charge in [0, 0.05) is 17.6 Å². The molecule has 0 bridgehead atoms. The fourth-order valence-corrected chi connectivity index (χ4v) is 3.77. The Kier molecular flexibility index (Phi) is 3.35. The number of sulfone groups is 1. The monoisotopic (exact) mass is 243 g/mol. The van der Waals surface area contributed by atoms with E-state index in [2.05, 4.69) is 5.32 Å². The molecule has 2 atom stereocenters. The third-order valence-corrected chi connectivity index (χ3v) is 4.81. The minimum Gasteiger partial charge on any atom is -0.472 e. The molecule has 0 saturated carbocycles. The van der Waals surface area contributed by atoms with Crippen LogP contribution in [0.3, 0.4) is 0 Å². The van der Waals surface area contributed by atoms with Gasteiger partial charge in [-0.2, -0.15) is 0 Å². The molecule has 0 aromatic carbocycles. The number of rotatable bonds is 3. The Hall–Kier alpha value is -0.810. The highest BCUT2D eigenvalue weighted by Gasteiger charge is 2.25. The molecule has 1 fully saturated rings. The van der Waals surface area contributed by atoms with Gasteiger partial charge >= 0.3 is 0 Å². The molecule has 2 heterocycles. The van der Waals surface area contributed by atoms with E-state index >= 15 is 0 Å². The molecule has 2 rings (SSSR count). The molecule has 0 spiro atoms. The summed E-state index contributed by atoms with van der Waals surface area (Å²) in [4.78, 5) is 0. The third-order valence-electron chi connectivity index (χ3n) is 2.99. The summed E-state index contributed by atoms with van der Waals surface area (Å²) in [7, 11) is -2.83. The Morgan fingerprint density at radius 3 is 3.00 bits per heavy atom. The third kappa shape index (κ3) is 2.86. The van der Waals surface area contributed by atoms with Crippen LogP contribution in [0.25, 0.3) is 0 Å². The lowest BCUT2D eigenvalue weighted by Crippen LogP contribution is -2.41. The van der Waals surface area contributed by atoms with Crippen LogP contribution in [-0.4, -0.2) is 26.0 Å². The average Bonchev–Trinajstić information content (AvgIpc) is 2.68. The van der Waals surface area contributed by atoms with Crippen LogP contribution < -0.4 is 5.32 Å². The van der Waals surface area contributed by atoms with Crippen molar-refractivity contribution in [1.82, 2.24) is 5.32 Å². The zero-order valence-corrected chi connectivity index (χ0v) is 10.2.